The molecule has 0 radical (unpaired) electrons. The highest BCUT2D eigenvalue weighted by atomic mass is 16.5. The lowest BCUT2D eigenvalue weighted by Gasteiger charge is -2.15. The second kappa shape index (κ2) is 8.00. The highest BCUT2D eigenvalue weighted by Crippen LogP contribution is 2.33. The monoisotopic (exact) mass is 376 g/mol. The first-order valence-electron chi connectivity index (χ1n) is 8.98. The van der Waals surface area contributed by atoms with Gasteiger partial charge in [-0.2, -0.15) is 0 Å². The van der Waals surface area contributed by atoms with Crippen molar-refractivity contribution in [3.05, 3.63) is 96.3 Å². The topological polar surface area (TPSA) is 64.3 Å². The van der Waals surface area contributed by atoms with Gasteiger partial charge in [-0.3, -0.25) is 0 Å². The summed E-state index contributed by atoms with van der Waals surface area (Å²) in [6, 6.07) is 12.4. The predicted molar refractivity (Wildman–Crippen MR) is 104 cm³/mol. The molecule has 0 saturated carbocycles. The zero-order valence-corrected chi connectivity index (χ0v) is 15.4. The Balaban J connectivity index is 1.54. The van der Waals surface area contributed by atoms with Crippen LogP contribution in [0, 0.1) is 0 Å². The third-order valence-electron chi connectivity index (χ3n) is 4.43. The Morgan fingerprint density at radius 2 is 1.82 bits per heavy atom. The fourth-order valence-electron chi connectivity index (χ4n) is 3.06. The van der Waals surface area contributed by atoms with Crippen molar-refractivity contribution in [2.45, 2.75) is 18.7 Å². The average Bonchev–Trinajstić information content (AvgIpc) is 3.29. The molecule has 4 rings (SSSR count). The SMILES string of the molecule is COC(=O)C1N=C(c2ccccc2)OC1c1ccc(CN2C=CC=CC=C2)o1. The third kappa shape index (κ3) is 3.76. The van der Waals surface area contributed by atoms with Crippen LogP contribution in [-0.4, -0.2) is 29.9 Å². The minimum absolute atomic E-state index is 0.406. The number of benzene rings is 1. The lowest BCUT2D eigenvalue weighted by Crippen LogP contribution is -2.25. The van der Waals surface area contributed by atoms with Crippen molar-refractivity contribution in [1.82, 2.24) is 4.90 Å². The maximum Gasteiger partial charge on any atom is 0.335 e. The van der Waals surface area contributed by atoms with Gasteiger partial charge >= 0.3 is 5.97 Å². The molecule has 0 bridgehead atoms. The lowest BCUT2D eigenvalue weighted by molar-refractivity contribution is -0.144. The van der Waals surface area contributed by atoms with E-state index in [1.807, 2.05) is 84.1 Å². The molecule has 2 aliphatic rings. The van der Waals surface area contributed by atoms with E-state index >= 15 is 0 Å². The normalized spacial score (nSPS) is 20.6. The van der Waals surface area contributed by atoms with Gasteiger partial charge in [0.25, 0.3) is 0 Å². The molecule has 2 unspecified atom stereocenters. The predicted octanol–water partition coefficient (Wildman–Crippen LogP) is 3.74. The van der Waals surface area contributed by atoms with Crippen LogP contribution in [0.1, 0.15) is 23.2 Å². The summed E-state index contributed by atoms with van der Waals surface area (Å²) < 4.78 is 16.9. The van der Waals surface area contributed by atoms with Gasteiger partial charge in [0.2, 0.25) is 5.90 Å². The summed E-state index contributed by atoms with van der Waals surface area (Å²) in [6.07, 6.45) is 11.1. The number of hydrogen-bond donors (Lipinski definition) is 0. The van der Waals surface area contributed by atoms with E-state index in [4.69, 9.17) is 13.9 Å². The molecule has 0 aliphatic carbocycles. The Kier molecular flexibility index (Phi) is 5.10. The summed E-state index contributed by atoms with van der Waals surface area (Å²) in [6.45, 7) is 0.566. The van der Waals surface area contributed by atoms with Gasteiger partial charge in [0.05, 0.1) is 13.7 Å². The smallest absolute Gasteiger partial charge is 0.335 e. The van der Waals surface area contributed by atoms with Gasteiger partial charge in [-0.05, 0) is 36.4 Å². The maximum atomic E-state index is 12.3. The summed E-state index contributed by atoms with van der Waals surface area (Å²) in [5.74, 6) is 1.24. The van der Waals surface area contributed by atoms with Gasteiger partial charge in [0.1, 0.15) is 11.5 Å². The number of allylic oxidation sites excluding steroid dienone is 4. The molecule has 6 heteroatoms. The number of rotatable bonds is 5. The number of carbonyl (C=O) groups is 1. The number of hydrogen-bond acceptors (Lipinski definition) is 6. The molecule has 2 aliphatic heterocycles. The number of aliphatic imine (C=N–C) groups is 1. The molecule has 1 aromatic heterocycles. The molecule has 6 nitrogen and oxygen atoms in total. The molecule has 0 amide bonds. The standard InChI is InChI=1S/C22H20N2O4/c1-26-22(25)19-20(28-21(23-19)16-9-5-4-6-10-16)18-12-11-17(27-18)15-24-13-7-2-3-8-14-24/h2-14,19-20H,15H2,1H3. The van der Waals surface area contributed by atoms with Crippen LogP contribution in [0.2, 0.25) is 0 Å². The van der Waals surface area contributed by atoms with E-state index in [-0.39, 0.29) is 0 Å². The fourth-order valence-corrected chi connectivity index (χ4v) is 3.06. The van der Waals surface area contributed by atoms with Crippen molar-refractivity contribution in [3.63, 3.8) is 0 Å². The van der Waals surface area contributed by atoms with E-state index < -0.39 is 18.1 Å². The maximum absolute atomic E-state index is 12.3. The summed E-state index contributed by atoms with van der Waals surface area (Å²) >= 11 is 0. The van der Waals surface area contributed by atoms with Crippen LogP contribution in [0.15, 0.2) is 88.6 Å². The summed E-state index contributed by atoms with van der Waals surface area (Å²) in [4.78, 5) is 18.7. The molecule has 3 heterocycles. The highest BCUT2D eigenvalue weighted by molar-refractivity contribution is 5.98. The largest absolute Gasteiger partial charge is 0.467 e. The molecular weight excluding hydrogens is 356 g/mol. The van der Waals surface area contributed by atoms with Crippen LogP contribution in [0.4, 0.5) is 0 Å². The van der Waals surface area contributed by atoms with E-state index in [0.717, 1.165) is 11.3 Å². The zero-order chi connectivity index (χ0) is 19.3. The number of esters is 1. The number of nitrogens with zero attached hydrogens (tertiary/aromatic N) is 2. The van der Waals surface area contributed by atoms with Crippen molar-refractivity contribution in [2.75, 3.05) is 7.11 Å². The molecule has 28 heavy (non-hydrogen) atoms. The summed E-state index contributed by atoms with van der Waals surface area (Å²) in [7, 11) is 1.34. The zero-order valence-electron chi connectivity index (χ0n) is 15.4. The van der Waals surface area contributed by atoms with Gasteiger partial charge < -0.3 is 18.8 Å². The van der Waals surface area contributed by atoms with Crippen molar-refractivity contribution in [3.8, 4) is 0 Å². The van der Waals surface area contributed by atoms with Gasteiger partial charge in [0.15, 0.2) is 12.1 Å². The number of methoxy groups -OCH3 is 1. The number of ether oxygens (including phenoxy) is 2. The van der Waals surface area contributed by atoms with Crippen molar-refractivity contribution in [2.24, 2.45) is 4.99 Å². The van der Waals surface area contributed by atoms with Crippen molar-refractivity contribution >= 4 is 11.9 Å². The molecule has 0 saturated heterocycles. The van der Waals surface area contributed by atoms with Gasteiger partial charge in [-0.15, -0.1) is 0 Å². The van der Waals surface area contributed by atoms with Gasteiger partial charge in [0, 0.05) is 18.0 Å². The van der Waals surface area contributed by atoms with Gasteiger partial charge in [-0.1, -0.05) is 30.4 Å². The van der Waals surface area contributed by atoms with E-state index in [9.17, 15) is 4.79 Å². The van der Waals surface area contributed by atoms with Gasteiger partial charge in [-0.25, -0.2) is 9.79 Å². The van der Waals surface area contributed by atoms with Crippen molar-refractivity contribution < 1.29 is 18.7 Å². The Morgan fingerprint density at radius 3 is 2.54 bits per heavy atom. The Morgan fingerprint density at radius 1 is 1.07 bits per heavy atom. The molecule has 2 aromatic rings. The molecule has 1 aromatic carbocycles. The summed E-state index contributed by atoms with van der Waals surface area (Å²) in [5, 5.41) is 0. The average molecular weight is 376 g/mol. The minimum Gasteiger partial charge on any atom is -0.467 e. The minimum atomic E-state index is -0.804. The second-order valence-electron chi connectivity index (χ2n) is 6.35. The number of furan rings is 1. The number of carbonyl (C=O) groups excluding carboxylic acids is 1. The van der Waals surface area contributed by atoms with Crippen molar-refractivity contribution in [1.29, 1.82) is 0 Å². The molecule has 0 spiro atoms. The Labute approximate surface area is 163 Å². The Hall–Kier alpha value is -3.54. The first-order chi connectivity index (χ1) is 13.7. The lowest BCUT2D eigenvalue weighted by atomic mass is 10.1. The van der Waals surface area contributed by atoms with Crippen LogP contribution in [0.5, 0.6) is 0 Å². The fraction of sp³-hybridized carbons (Fsp3) is 0.182. The molecular formula is C22H20N2O4. The van der Waals surface area contributed by atoms with Crippen LogP contribution < -0.4 is 0 Å². The third-order valence-corrected chi connectivity index (χ3v) is 4.43. The highest BCUT2D eigenvalue weighted by Gasteiger charge is 2.40. The quantitative estimate of drug-likeness (QED) is 0.744. The van der Waals surface area contributed by atoms with E-state index in [0.29, 0.717) is 18.2 Å². The molecule has 2 atom stereocenters. The molecule has 142 valence electrons. The van der Waals surface area contributed by atoms with Crippen LogP contribution in [0.3, 0.4) is 0 Å². The first kappa shape index (κ1) is 17.9. The second-order valence-corrected chi connectivity index (χ2v) is 6.35. The van der Waals surface area contributed by atoms with E-state index in [2.05, 4.69) is 4.99 Å². The Bertz CT molecular complexity index is 940. The van der Waals surface area contributed by atoms with Crippen LogP contribution in [-0.2, 0) is 20.8 Å². The molecule has 0 fully saturated rings. The van der Waals surface area contributed by atoms with Crippen LogP contribution in [0.25, 0.3) is 0 Å². The van der Waals surface area contributed by atoms with E-state index in [1.165, 1.54) is 7.11 Å². The van der Waals surface area contributed by atoms with Crippen LogP contribution >= 0.6 is 0 Å². The summed E-state index contributed by atoms with van der Waals surface area (Å²) in [5.41, 5.74) is 0.804. The van der Waals surface area contributed by atoms with E-state index in [1.54, 1.807) is 0 Å². The first-order valence-corrected chi connectivity index (χ1v) is 8.98. The molecule has 0 N–H and O–H groups in total.